The molecule has 1 atom stereocenters. The molecule has 0 fully saturated rings. The number of halogens is 3. The van der Waals surface area contributed by atoms with Crippen LogP contribution >= 0.6 is 46.1 Å². The highest BCUT2D eigenvalue weighted by molar-refractivity contribution is 7.20. The fraction of sp³-hybridized carbons (Fsp3) is 0.286. The van der Waals surface area contributed by atoms with Gasteiger partial charge in [-0.1, -0.05) is 34.8 Å². The molecule has 2 rings (SSSR count). The van der Waals surface area contributed by atoms with Crippen LogP contribution in [-0.2, 0) is 0 Å². The zero-order valence-electron chi connectivity index (χ0n) is 11.7. The first-order valence-corrected chi connectivity index (χ1v) is 8.00. The summed E-state index contributed by atoms with van der Waals surface area (Å²) in [4.78, 5) is 0. The topological polar surface area (TPSA) is 30.5 Å². The lowest BCUT2D eigenvalue weighted by molar-refractivity contribution is 0.389. The van der Waals surface area contributed by atoms with Crippen molar-refractivity contribution in [1.82, 2.24) is 5.32 Å². The fourth-order valence-corrected chi connectivity index (χ4v) is 4.03. The lowest BCUT2D eigenvalue weighted by atomic mass is 10.00. The number of methoxy groups -OCH3 is 2. The van der Waals surface area contributed by atoms with E-state index in [1.165, 1.54) is 11.3 Å². The Labute approximate surface area is 142 Å². The summed E-state index contributed by atoms with van der Waals surface area (Å²) in [5, 5.41) is 3.64. The molecule has 3 nitrogen and oxygen atoms in total. The summed E-state index contributed by atoms with van der Waals surface area (Å²) in [6, 6.07) is 5.35. The summed E-state index contributed by atoms with van der Waals surface area (Å²) in [6.45, 7) is 0. The van der Waals surface area contributed by atoms with Crippen LogP contribution in [0.2, 0.25) is 13.7 Å². The number of benzene rings is 1. The zero-order chi connectivity index (χ0) is 15.6. The highest BCUT2D eigenvalue weighted by atomic mass is 35.5. The first-order valence-electron chi connectivity index (χ1n) is 6.05. The Morgan fingerprint density at radius 1 is 1.10 bits per heavy atom. The van der Waals surface area contributed by atoms with Gasteiger partial charge in [0.1, 0.15) is 16.5 Å². The molecule has 0 radical (unpaired) electrons. The molecule has 1 aromatic carbocycles. The van der Waals surface area contributed by atoms with E-state index in [9.17, 15) is 0 Å². The normalized spacial score (nSPS) is 12.3. The molecule has 1 heterocycles. The molecule has 0 aliphatic carbocycles. The van der Waals surface area contributed by atoms with Gasteiger partial charge >= 0.3 is 0 Å². The summed E-state index contributed by atoms with van der Waals surface area (Å²) in [6.07, 6.45) is 0. The summed E-state index contributed by atoms with van der Waals surface area (Å²) in [7, 11) is 4.97. The third-order valence-electron chi connectivity index (χ3n) is 3.11. The standard InChI is InChI=1S/C14H14Cl3NO2S/c1-18-12(8-6-10(15)21-14(8)17)7-4-5-9(19-2)11(16)13(7)20-3/h4-6,12,18H,1-3H3. The van der Waals surface area contributed by atoms with Crippen LogP contribution < -0.4 is 14.8 Å². The molecule has 0 aliphatic heterocycles. The maximum atomic E-state index is 6.31. The molecule has 1 aromatic heterocycles. The van der Waals surface area contributed by atoms with Crippen molar-refractivity contribution >= 4 is 46.1 Å². The van der Waals surface area contributed by atoms with Gasteiger partial charge in [-0.3, -0.25) is 0 Å². The van der Waals surface area contributed by atoms with Gasteiger partial charge < -0.3 is 14.8 Å². The summed E-state index contributed by atoms with van der Waals surface area (Å²) in [5.74, 6) is 1.11. The Morgan fingerprint density at radius 3 is 2.29 bits per heavy atom. The van der Waals surface area contributed by atoms with Crippen LogP contribution in [0.4, 0.5) is 0 Å². The molecular weight excluding hydrogens is 353 g/mol. The Bertz CT molecular complexity index is 645. The quantitative estimate of drug-likeness (QED) is 0.804. The number of rotatable bonds is 5. The predicted molar refractivity (Wildman–Crippen MR) is 89.8 cm³/mol. The maximum Gasteiger partial charge on any atom is 0.146 e. The second-order valence-electron chi connectivity index (χ2n) is 4.21. The molecule has 0 saturated carbocycles. The van der Waals surface area contributed by atoms with E-state index >= 15 is 0 Å². The van der Waals surface area contributed by atoms with E-state index < -0.39 is 0 Å². The molecule has 2 aromatic rings. The van der Waals surface area contributed by atoms with Crippen LogP contribution in [0.1, 0.15) is 17.2 Å². The zero-order valence-corrected chi connectivity index (χ0v) is 14.8. The highest BCUT2D eigenvalue weighted by Gasteiger charge is 2.24. The van der Waals surface area contributed by atoms with Crippen molar-refractivity contribution in [3.63, 3.8) is 0 Å². The van der Waals surface area contributed by atoms with Crippen LogP contribution in [0.5, 0.6) is 11.5 Å². The first-order chi connectivity index (χ1) is 10.0. The molecule has 1 N–H and O–H groups in total. The number of ether oxygens (including phenoxy) is 2. The van der Waals surface area contributed by atoms with Crippen molar-refractivity contribution in [3.8, 4) is 11.5 Å². The van der Waals surface area contributed by atoms with E-state index in [2.05, 4.69) is 5.32 Å². The second-order valence-corrected chi connectivity index (χ2v) is 6.87. The minimum absolute atomic E-state index is 0.181. The number of thiophene rings is 1. The van der Waals surface area contributed by atoms with E-state index in [0.717, 1.165) is 11.1 Å². The van der Waals surface area contributed by atoms with Crippen molar-refractivity contribution in [2.24, 2.45) is 0 Å². The summed E-state index contributed by atoms with van der Waals surface area (Å²) < 4.78 is 11.9. The van der Waals surface area contributed by atoms with E-state index in [1.54, 1.807) is 20.3 Å². The third kappa shape index (κ3) is 3.25. The van der Waals surface area contributed by atoms with Gasteiger partial charge in [0.2, 0.25) is 0 Å². The Hall–Kier alpha value is -0.650. The van der Waals surface area contributed by atoms with E-state index in [-0.39, 0.29) is 6.04 Å². The smallest absolute Gasteiger partial charge is 0.146 e. The molecule has 7 heteroatoms. The van der Waals surface area contributed by atoms with Gasteiger partial charge in [-0.05, 0) is 25.2 Å². The lowest BCUT2D eigenvalue weighted by Crippen LogP contribution is -2.18. The maximum absolute atomic E-state index is 6.31. The van der Waals surface area contributed by atoms with Crippen LogP contribution in [0.3, 0.4) is 0 Å². The van der Waals surface area contributed by atoms with Crippen molar-refractivity contribution < 1.29 is 9.47 Å². The Balaban J connectivity index is 2.57. The molecule has 21 heavy (non-hydrogen) atoms. The third-order valence-corrected chi connectivity index (χ3v) is 4.99. The van der Waals surface area contributed by atoms with Gasteiger partial charge in [-0.2, -0.15) is 0 Å². The molecule has 0 spiro atoms. The van der Waals surface area contributed by atoms with Gasteiger partial charge in [0.15, 0.2) is 0 Å². The van der Waals surface area contributed by atoms with E-state index in [1.807, 2.05) is 19.2 Å². The number of hydrogen-bond acceptors (Lipinski definition) is 4. The number of nitrogens with one attached hydrogen (secondary N) is 1. The minimum atomic E-state index is -0.181. The van der Waals surface area contributed by atoms with Crippen molar-refractivity contribution in [1.29, 1.82) is 0 Å². The molecule has 0 amide bonds. The molecule has 0 aliphatic rings. The monoisotopic (exact) mass is 365 g/mol. The van der Waals surface area contributed by atoms with Gasteiger partial charge in [0.25, 0.3) is 0 Å². The lowest BCUT2D eigenvalue weighted by Gasteiger charge is -2.21. The Kier molecular flexibility index (Phi) is 5.63. The number of hydrogen-bond donors (Lipinski definition) is 1. The highest BCUT2D eigenvalue weighted by Crippen LogP contribution is 2.44. The van der Waals surface area contributed by atoms with Crippen molar-refractivity contribution in [2.75, 3.05) is 21.3 Å². The average Bonchev–Trinajstić information content (AvgIpc) is 2.79. The summed E-state index contributed by atoms with van der Waals surface area (Å²) in [5.41, 5.74) is 1.75. The van der Waals surface area contributed by atoms with Crippen molar-refractivity contribution in [2.45, 2.75) is 6.04 Å². The SMILES string of the molecule is CNC(c1cc(Cl)sc1Cl)c1ccc(OC)c(Cl)c1OC. The van der Waals surface area contributed by atoms with E-state index in [0.29, 0.717) is 25.2 Å². The predicted octanol–water partition coefficient (Wildman–Crippen LogP) is 5.03. The summed E-state index contributed by atoms with van der Waals surface area (Å²) >= 11 is 19.9. The van der Waals surface area contributed by atoms with E-state index in [4.69, 9.17) is 44.3 Å². The van der Waals surface area contributed by atoms with Gasteiger partial charge in [-0.25, -0.2) is 0 Å². The van der Waals surface area contributed by atoms with Crippen LogP contribution in [0, 0.1) is 0 Å². The van der Waals surface area contributed by atoms with Crippen LogP contribution in [0.25, 0.3) is 0 Å². The molecule has 0 bridgehead atoms. The van der Waals surface area contributed by atoms with Crippen LogP contribution in [-0.4, -0.2) is 21.3 Å². The molecule has 114 valence electrons. The minimum Gasteiger partial charge on any atom is -0.495 e. The fourth-order valence-electron chi connectivity index (χ4n) is 2.17. The van der Waals surface area contributed by atoms with Crippen molar-refractivity contribution in [3.05, 3.63) is 43.0 Å². The van der Waals surface area contributed by atoms with Crippen LogP contribution in [0.15, 0.2) is 18.2 Å². The van der Waals surface area contributed by atoms with Gasteiger partial charge in [0.05, 0.1) is 28.9 Å². The Morgan fingerprint density at radius 2 is 1.81 bits per heavy atom. The first kappa shape index (κ1) is 16.7. The average molecular weight is 367 g/mol. The largest absolute Gasteiger partial charge is 0.495 e. The van der Waals surface area contributed by atoms with Gasteiger partial charge in [-0.15, -0.1) is 11.3 Å². The van der Waals surface area contributed by atoms with Gasteiger partial charge in [0, 0.05) is 11.1 Å². The second kappa shape index (κ2) is 7.07. The molecule has 1 unspecified atom stereocenters. The molecule has 0 saturated heterocycles. The molecular formula is C14H14Cl3NO2S.